The quantitative estimate of drug-likeness (QED) is 0.129. The van der Waals surface area contributed by atoms with Crippen LogP contribution in [-0.2, 0) is 6.61 Å². The molecule has 0 unspecified atom stereocenters. The highest BCUT2D eigenvalue weighted by Gasteiger charge is 2.15. The van der Waals surface area contributed by atoms with Crippen LogP contribution >= 0.6 is 27.3 Å². The smallest absolute Gasteiger partial charge is 0.281 e. The van der Waals surface area contributed by atoms with Gasteiger partial charge in [0, 0.05) is 34.4 Å². The summed E-state index contributed by atoms with van der Waals surface area (Å²) < 4.78 is 13.0. The molecule has 0 aliphatic heterocycles. The number of nitro benzene ring substituents is 2. The molecule has 194 valence electrons. The molecule has 3 aromatic carbocycles. The van der Waals surface area contributed by atoms with Crippen molar-refractivity contribution in [2.24, 2.45) is 5.10 Å². The maximum atomic E-state index is 12.6. The molecule has 0 radical (unpaired) electrons. The number of fused-ring (bicyclic) bond motifs is 1. The maximum Gasteiger partial charge on any atom is 0.281 e. The molecule has 1 heterocycles. The van der Waals surface area contributed by atoms with Crippen molar-refractivity contribution in [1.29, 1.82) is 0 Å². The molecule has 1 aromatic heterocycles. The average molecular weight is 599 g/mol. The van der Waals surface area contributed by atoms with Gasteiger partial charge in [0.15, 0.2) is 11.5 Å². The molecule has 0 saturated heterocycles. The minimum Gasteiger partial charge on any atom is -0.490 e. The molecule has 4 rings (SSSR count). The van der Waals surface area contributed by atoms with Gasteiger partial charge in [-0.05, 0) is 70.4 Å². The van der Waals surface area contributed by atoms with Crippen LogP contribution in [0.25, 0.3) is 10.1 Å². The minimum atomic E-state index is -0.484. The van der Waals surface area contributed by atoms with E-state index in [1.165, 1.54) is 41.8 Å². The Bertz CT molecular complexity index is 1550. The van der Waals surface area contributed by atoms with Crippen molar-refractivity contribution < 1.29 is 24.1 Å². The summed E-state index contributed by atoms with van der Waals surface area (Å²) in [6.45, 7) is 2.37. The Balaban J connectivity index is 1.45. The Hall–Kier alpha value is -4.36. The van der Waals surface area contributed by atoms with Crippen LogP contribution in [0.4, 0.5) is 11.4 Å². The molecule has 0 fully saturated rings. The molecule has 1 amide bonds. The number of benzene rings is 3. The zero-order valence-corrected chi connectivity index (χ0v) is 22.2. The van der Waals surface area contributed by atoms with Gasteiger partial charge in [0.2, 0.25) is 0 Å². The molecule has 1 N–H and O–H groups in total. The van der Waals surface area contributed by atoms with Crippen molar-refractivity contribution in [3.8, 4) is 11.5 Å². The third kappa shape index (κ3) is 6.30. The van der Waals surface area contributed by atoms with Gasteiger partial charge < -0.3 is 9.47 Å². The standard InChI is InChI=1S/C25H19BrN4O7S/c1-2-36-21-10-16(9-20(26)24(21)37-14-15-3-5-18(6-4-15)29(32)33)13-27-28-25(31)23-12-17-11-19(30(34)35)7-8-22(17)38-23/h3-13H,2,14H2,1H3,(H,28,31)/b27-13-. The first-order valence-corrected chi connectivity index (χ1v) is 12.7. The fourth-order valence-corrected chi connectivity index (χ4v) is 4.92. The van der Waals surface area contributed by atoms with E-state index in [1.807, 2.05) is 6.92 Å². The van der Waals surface area contributed by atoms with Gasteiger partial charge in [-0.25, -0.2) is 5.43 Å². The number of rotatable bonds is 10. The van der Waals surface area contributed by atoms with Gasteiger partial charge in [-0.2, -0.15) is 5.10 Å². The number of nitrogens with zero attached hydrogens (tertiary/aromatic N) is 3. The number of non-ortho nitro benzene ring substituents is 2. The Labute approximate surface area is 228 Å². The summed E-state index contributed by atoms with van der Waals surface area (Å²) >= 11 is 4.68. The Morgan fingerprint density at radius 3 is 2.42 bits per heavy atom. The second-order valence-electron chi connectivity index (χ2n) is 7.76. The van der Waals surface area contributed by atoms with Crippen molar-refractivity contribution in [3.05, 3.63) is 101 Å². The third-order valence-corrected chi connectivity index (χ3v) is 6.88. The number of halogens is 1. The van der Waals surface area contributed by atoms with Crippen molar-refractivity contribution in [3.63, 3.8) is 0 Å². The molecular formula is C25H19BrN4O7S. The summed E-state index contributed by atoms with van der Waals surface area (Å²) in [6, 6.07) is 15.5. The molecule has 0 aliphatic carbocycles. The van der Waals surface area contributed by atoms with Crippen LogP contribution in [0.1, 0.15) is 27.7 Å². The molecule has 4 aromatic rings. The van der Waals surface area contributed by atoms with Crippen molar-refractivity contribution >= 4 is 60.8 Å². The van der Waals surface area contributed by atoms with E-state index >= 15 is 0 Å². The summed E-state index contributed by atoms with van der Waals surface area (Å²) in [7, 11) is 0. The van der Waals surface area contributed by atoms with Crippen LogP contribution in [0, 0.1) is 20.2 Å². The predicted molar refractivity (Wildman–Crippen MR) is 146 cm³/mol. The Morgan fingerprint density at radius 1 is 1.03 bits per heavy atom. The molecule has 11 nitrogen and oxygen atoms in total. The summed E-state index contributed by atoms with van der Waals surface area (Å²) in [5, 5.41) is 26.4. The van der Waals surface area contributed by atoms with Gasteiger partial charge in [-0.3, -0.25) is 25.0 Å². The highest BCUT2D eigenvalue weighted by Crippen LogP contribution is 2.37. The number of thiophene rings is 1. The highest BCUT2D eigenvalue weighted by molar-refractivity contribution is 9.10. The number of ether oxygens (including phenoxy) is 2. The number of amides is 1. The van der Waals surface area contributed by atoms with E-state index in [-0.39, 0.29) is 18.0 Å². The average Bonchev–Trinajstić information content (AvgIpc) is 3.32. The molecular weight excluding hydrogens is 580 g/mol. The number of nitro groups is 2. The first kappa shape index (κ1) is 26.7. The number of hydrazone groups is 1. The lowest BCUT2D eigenvalue weighted by molar-refractivity contribution is -0.385. The second kappa shape index (κ2) is 11.8. The lowest BCUT2D eigenvalue weighted by Crippen LogP contribution is -2.16. The fraction of sp³-hybridized carbons (Fsp3) is 0.120. The van der Waals surface area contributed by atoms with E-state index < -0.39 is 15.8 Å². The summed E-state index contributed by atoms with van der Waals surface area (Å²) in [6.07, 6.45) is 1.45. The van der Waals surface area contributed by atoms with Crippen LogP contribution in [0.3, 0.4) is 0 Å². The zero-order valence-electron chi connectivity index (χ0n) is 19.8. The lowest BCUT2D eigenvalue weighted by atomic mass is 10.2. The van der Waals surface area contributed by atoms with Gasteiger partial charge in [-0.1, -0.05) is 0 Å². The van der Waals surface area contributed by atoms with Crippen LogP contribution in [0.2, 0.25) is 0 Å². The number of carbonyl (C=O) groups is 1. The van der Waals surface area contributed by atoms with Gasteiger partial charge in [0.25, 0.3) is 17.3 Å². The van der Waals surface area contributed by atoms with Crippen molar-refractivity contribution in [2.75, 3.05) is 6.61 Å². The van der Waals surface area contributed by atoms with Crippen LogP contribution < -0.4 is 14.9 Å². The van der Waals surface area contributed by atoms with Gasteiger partial charge in [0.1, 0.15) is 6.61 Å². The molecule has 0 aliphatic rings. The normalized spacial score (nSPS) is 11.0. The Kier molecular flexibility index (Phi) is 8.28. The first-order chi connectivity index (χ1) is 18.2. The highest BCUT2D eigenvalue weighted by atomic mass is 79.9. The van der Waals surface area contributed by atoms with E-state index in [1.54, 1.807) is 36.4 Å². The van der Waals surface area contributed by atoms with Gasteiger partial charge in [-0.15, -0.1) is 11.3 Å². The second-order valence-corrected chi connectivity index (χ2v) is 9.70. The van der Waals surface area contributed by atoms with E-state index in [9.17, 15) is 25.0 Å². The fourth-order valence-electron chi connectivity index (χ4n) is 3.41. The van der Waals surface area contributed by atoms with Crippen molar-refractivity contribution in [1.82, 2.24) is 5.43 Å². The number of nitrogens with one attached hydrogen (secondary N) is 1. The molecule has 0 saturated carbocycles. The monoisotopic (exact) mass is 598 g/mol. The molecule has 0 atom stereocenters. The van der Waals surface area contributed by atoms with E-state index in [4.69, 9.17) is 9.47 Å². The topological polar surface area (TPSA) is 146 Å². The Morgan fingerprint density at radius 2 is 1.74 bits per heavy atom. The van der Waals surface area contributed by atoms with E-state index in [2.05, 4.69) is 26.5 Å². The van der Waals surface area contributed by atoms with E-state index in [0.717, 1.165) is 10.3 Å². The minimum absolute atomic E-state index is 0.00278. The summed E-state index contributed by atoms with van der Waals surface area (Å²) in [5.41, 5.74) is 3.78. The largest absolute Gasteiger partial charge is 0.490 e. The molecule has 13 heteroatoms. The predicted octanol–water partition coefficient (Wildman–Crippen LogP) is 6.22. The SMILES string of the molecule is CCOc1cc(/C=N\NC(=O)c2cc3cc([N+](=O)[O-])ccc3s2)cc(Br)c1OCc1ccc([N+](=O)[O-])cc1. The lowest BCUT2D eigenvalue weighted by Gasteiger charge is -2.14. The van der Waals surface area contributed by atoms with Crippen LogP contribution in [0.15, 0.2) is 70.2 Å². The maximum absolute atomic E-state index is 12.6. The van der Waals surface area contributed by atoms with Gasteiger partial charge in [0.05, 0.1) is 32.0 Å². The van der Waals surface area contributed by atoms with Gasteiger partial charge >= 0.3 is 0 Å². The van der Waals surface area contributed by atoms with Crippen LogP contribution in [-0.4, -0.2) is 28.6 Å². The van der Waals surface area contributed by atoms with Crippen LogP contribution in [0.5, 0.6) is 11.5 Å². The number of hydrogen-bond acceptors (Lipinski definition) is 9. The summed E-state index contributed by atoms with van der Waals surface area (Å²) in [4.78, 5) is 33.8. The summed E-state index contributed by atoms with van der Waals surface area (Å²) in [5.74, 6) is 0.450. The first-order valence-electron chi connectivity index (χ1n) is 11.1. The molecule has 0 spiro atoms. The number of hydrogen-bond donors (Lipinski definition) is 1. The molecule has 0 bridgehead atoms. The molecule has 38 heavy (non-hydrogen) atoms. The third-order valence-electron chi connectivity index (χ3n) is 5.18. The number of carbonyl (C=O) groups excluding carboxylic acids is 1. The van der Waals surface area contributed by atoms with Crippen molar-refractivity contribution in [2.45, 2.75) is 13.5 Å². The zero-order chi connectivity index (χ0) is 27.2. The van der Waals surface area contributed by atoms with E-state index in [0.29, 0.717) is 38.4 Å².